The molecule has 0 amide bonds. The molecule has 1 N–H and O–H groups in total. The lowest BCUT2D eigenvalue weighted by atomic mass is 10.0. The molecule has 1 unspecified atom stereocenters. The lowest BCUT2D eigenvalue weighted by Crippen LogP contribution is -1.98. The summed E-state index contributed by atoms with van der Waals surface area (Å²) >= 11 is 3.76. The van der Waals surface area contributed by atoms with Crippen molar-refractivity contribution in [3.63, 3.8) is 0 Å². The monoisotopic (exact) mass is 304 g/mol. The maximum absolute atomic E-state index is 10.6. The standard InChI is InChI=1S/C16H16O2S2/c17-16(10-1-2-11-7-18-8-12(11)5-10)15-6-13-9-19-4-3-14(13)20-15/h1-2,5-6,16-17H,3-4,7-9H2. The molecule has 20 heavy (non-hydrogen) atoms. The molecular formula is C16H16O2S2. The topological polar surface area (TPSA) is 29.5 Å². The van der Waals surface area contributed by atoms with E-state index < -0.39 is 6.10 Å². The zero-order valence-corrected chi connectivity index (χ0v) is 12.7. The maximum Gasteiger partial charge on any atom is 0.113 e. The molecule has 0 radical (unpaired) electrons. The van der Waals surface area contributed by atoms with Crippen molar-refractivity contribution in [3.05, 3.63) is 56.3 Å². The molecule has 2 nitrogen and oxygen atoms in total. The minimum atomic E-state index is -0.499. The van der Waals surface area contributed by atoms with Gasteiger partial charge in [0.2, 0.25) is 0 Å². The van der Waals surface area contributed by atoms with Crippen molar-refractivity contribution < 1.29 is 9.84 Å². The zero-order valence-electron chi connectivity index (χ0n) is 11.1. The average molecular weight is 304 g/mol. The third-order valence-electron chi connectivity index (χ3n) is 3.98. The van der Waals surface area contributed by atoms with Crippen molar-refractivity contribution in [1.29, 1.82) is 0 Å². The number of thioether (sulfide) groups is 1. The number of rotatable bonds is 2. The van der Waals surface area contributed by atoms with Gasteiger partial charge in [-0.2, -0.15) is 11.8 Å². The minimum absolute atomic E-state index is 0.499. The molecule has 1 aromatic heterocycles. The van der Waals surface area contributed by atoms with Crippen LogP contribution in [0.25, 0.3) is 0 Å². The van der Waals surface area contributed by atoms with E-state index >= 15 is 0 Å². The van der Waals surface area contributed by atoms with Crippen LogP contribution in [0, 0.1) is 0 Å². The van der Waals surface area contributed by atoms with Gasteiger partial charge >= 0.3 is 0 Å². The Kier molecular flexibility index (Phi) is 3.34. The van der Waals surface area contributed by atoms with Crippen LogP contribution < -0.4 is 0 Å². The summed E-state index contributed by atoms with van der Waals surface area (Å²) in [6.45, 7) is 1.38. The second-order valence-corrected chi connectivity index (χ2v) is 7.60. The van der Waals surface area contributed by atoms with E-state index in [-0.39, 0.29) is 0 Å². The number of ether oxygens (including phenoxy) is 1. The van der Waals surface area contributed by atoms with Gasteiger partial charge in [-0.05, 0) is 40.5 Å². The number of hydrogen-bond acceptors (Lipinski definition) is 4. The second kappa shape index (κ2) is 5.19. The van der Waals surface area contributed by atoms with E-state index in [2.05, 4.69) is 18.2 Å². The van der Waals surface area contributed by atoms with Crippen molar-refractivity contribution in [3.8, 4) is 0 Å². The van der Waals surface area contributed by atoms with Gasteiger partial charge < -0.3 is 9.84 Å². The molecule has 2 aliphatic heterocycles. The highest BCUT2D eigenvalue weighted by molar-refractivity contribution is 7.98. The summed E-state index contributed by atoms with van der Waals surface area (Å²) in [5, 5.41) is 10.6. The van der Waals surface area contributed by atoms with Gasteiger partial charge in [0.25, 0.3) is 0 Å². The highest BCUT2D eigenvalue weighted by Gasteiger charge is 2.20. The van der Waals surface area contributed by atoms with Gasteiger partial charge in [-0.25, -0.2) is 0 Å². The quantitative estimate of drug-likeness (QED) is 0.918. The molecule has 2 aromatic rings. The highest BCUT2D eigenvalue weighted by atomic mass is 32.2. The van der Waals surface area contributed by atoms with E-state index in [1.54, 1.807) is 11.3 Å². The van der Waals surface area contributed by atoms with Gasteiger partial charge in [-0.15, -0.1) is 11.3 Å². The fourth-order valence-electron chi connectivity index (χ4n) is 2.83. The predicted octanol–water partition coefficient (Wildman–Crippen LogP) is 3.65. The van der Waals surface area contributed by atoms with E-state index in [9.17, 15) is 5.11 Å². The van der Waals surface area contributed by atoms with E-state index in [0.29, 0.717) is 13.2 Å². The van der Waals surface area contributed by atoms with Gasteiger partial charge in [-0.3, -0.25) is 0 Å². The van der Waals surface area contributed by atoms with Gasteiger partial charge in [0, 0.05) is 15.5 Å². The lowest BCUT2D eigenvalue weighted by molar-refractivity contribution is 0.134. The van der Waals surface area contributed by atoms with Gasteiger partial charge in [0.15, 0.2) is 0 Å². The molecule has 0 aliphatic carbocycles. The lowest BCUT2D eigenvalue weighted by Gasteiger charge is -2.10. The second-order valence-electron chi connectivity index (χ2n) is 5.32. The average Bonchev–Trinajstić information content (AvgIpc) is 3.11. The molecule has 1 aromatic carbocycles. The predicted molar refractivity (Wildman–Crippen MR) is 83.2 cm³/mol. The fourth-order valence-corrected chi connectivity index (χ4v) is 5.22. The Labute approximate surface area is 126 Å². The molecule has 0 bridgehead atoms. The first-order valence-corrected chi connectivity index (χ1v) is 8.85. The van der Waals surface area contributed by atoms with Crippen LogP contribution in [0.1, 0.15) is 38.1 Å². The molecule has 4 rings (SSSR count). The van der Waals surface area contributed by atoms with Crippen LogP contribution in [0.5, 0.6) is 0 Å². The normalized spacial score (nSPS) is 18.6. The Morgan fingerprint density at radius 1 is 1.10 bits per heavy atom. The SMILES string of the molecule is OC(c1ccc2c(c1)COC2)c1cc2c(s1)CCSC2. The van der Waals surface area contributed by atoms with Crippen LogP contribution in [-0.2, 0) is 30.1 Å². The minimum Gasteiger partial charge on any atom is -0.383 e. The van der Waals surface area contributed by atoms with Gasteiger partial charge in [0.1, 0.15) is 6.10 Å². The Bertz CT molecular complexity index is 624. The fraction of sp³-hybridized carbons (Fsp3) is 0.375. The van der Waals surface area contributed by atoms with Crippen molar-refractivity contribution >= 4 is 23.1 Å². The Balaban J connectivity index is 1.66. The van der Waals surface area contributed by atoms with Crippen molar-refractivity contribution in [2.24, 2.45) is 0 Å². The van der Waals surface area contributed by atoms with E-state index in [1.165, 1.54) is 27.3 Å². The number of benzene rings is 1. The summed E-state index contributed by atoms with van der Waals surface area (Å²) in [6.07, 6.45) is 0.650. The molecule has 4 heteroatoms. The Morgan fingerprint density at radius 3 is 2.90 bits per heavy atom. The van der Waals surface area contributed by atoms with E-state index in [4.69, 9.17) is 4.74 Å². The first kappa shape index (κ1) is 12.9. The molecule has 1 atom stereocenters. The van der Waals surface area contributed by atoms with Crippen molar-refractivity contribution in [2.45, 2.75) is 31.5 Å². The largest absolute Gasteiger partial charge is 0.383 e. The summed E-state index contributed by atoms with van der Waals surface area (Å²) < 4.78 is 5.44. The van der Waals surface area contributed by atoms with Gasteiger partial charge in [-0.1, -0.05) is 18.2 Å². The van der Waals surface area contributed by atoms with Gasteiger partial charge in [0.05, 0.1) is 13.2 Å². The van der Waals surface area contributed by atoms with Crippen molar-refractivity contribution in [2.75, 3.05) is 5.75 Å². The third-order valence-corrected chi connectivity index (χ3v) is 6.27. The summed E-state index contributed by atoms with van der Waals surface area (Å²) in [5.41, 5.74) is 4.88. The van der Waals surface area contributed by atoms with Crippen LogP contribution in [0.3, 0.4) is 0 Å². The van der Waals surface area contributed by atoms with Crippen LogP contribution >= 0.6 is 23.1 Å². The van der Waals surface area contributed by atoms with Crippen LogP contribution in [0.4, 0.5) is 0 Å². The number of fused-ring (bicyclic) bond motifs is 2. The zero-order chi connectivity index (χ0) is 13.5. The summed E-state index contributed by atoms with van der Waals surface area (Å²) in [6, 6.07) is 8.41. The first-order chi connectivity index (χ1) is 9.81. The summed E-state index contributed by atoms with van der Waals surface area (Å²) in [4.78, 5) is 2.54. The molecule has 0 spiro atoms. The molecule has 104 valence electrons. The smallest absolute Gasteiger partial charge is 0.113 e. The Hall–Kier alpha value is -0.810. The first-order valence-electron chi connectivity index (χ1n) is 6.88. The highest BCUT2D eigenvalue weighted by Crippen LogP contribution is 2.37. The molecule has 0 fully saturated rings. The maximum atomic E-state index is 10.6. The number of thiophene rings is 1. The molecule has 2 aliphatic rings. The molecule has 0 saturated heterocycles. The number of aliphatic hydroxyl groups excluding tert-OH is 1. The Morgan fingerprint density at radius 2 is 2.00 bits per heavy atom. The third kappa shape index (κ3) is 2.21. The summed E-state index contributed by atoms with van der Waals surface area (Å²) in [5.74, 6) is 2.30. The number of aliphatic hydroxyl groups is 1. The van der Waals surface area contributed by atoms with Crippen LogP contribution in [0.15, 0.2) is 24.3 Å². The van der Waals surface area contributed by atoms with Crippen LogP contribution in [-0.4, -0.2) is 10.9 Å². The molecular weight excluding hydrogens is 288 g/mol. The van der Waals surface area contributed by atoms with Crippen molar-refractivity contribution in [1.82, 2.24) is 0 Å². The van der Waals surface area contributed by atoms with E-state index in [0.717, 1.165) is 22.6 Å². The van der Waals surface area contributed by atoms with E-state index in [1.807, 2.05) is 17.8 Å². The molecule has 3 heterocycles. The summed E-state index contributed by atoms with van der Waals surface area (Å²) in [7, 11) is 0. The number of aryl methyl sites for hydroxylation is 1. The van der Waals surface area contributed by atoms with Crippen LogP contribution in [0.2, 0.25) is 0 Å². The molecule has 0 saturated carbocycles. The number of hydrogen-bond donors (Lipinski definition) is 1.